The summed E-state index contributed by atoms with van der Waals surface area (Å²) in [5.74, 6) is 0.477. The van der Waals surface area contributed by atoms with Gasteiger partial charge in [0.25, 0.3) is 0 Å². The molecule has 0 aliphatic carbocycles. The molecule has 1 atom stereocenters. The summed E-state index contributed by atoms with van der Waals surface area (Å²) in [5, 5.41) is 21.7. The predicted molar refractivity (Wildman–Crippen MR) is 75.5 cm³/mol. The van der Waals surface area contributed by atoms with Crippen molar-refractivity contribution in [3.63, 3.8) is 0 Å². The fourth-order valence-corrected chi connectivity index (χ4v) is 2.20. The average Bonchev–Trinajstić information content (AvgIpc) is 2.26. The first kappa shape index (κ1) is 16.5. The fraction of sp³-hybridized carbons (Fsp3) is 0.636. The van der Waals surface area contributed by atoms with Gasteiger partial charge in [-0.15, -0.1) is 11.8 Å². The van der Waals surface area contributed by atoms with Crippen molar-refractivity contribution in [2.24, 2.45) is 15.6 Å². The van der Waals surface area contributed by atoms with Crippen LogP contribution in [0.5, 0.6) is 0 Å². The summed E-state index contributed by atoms with van der Waals surface area (Å²) in [6.07, 6.45) is -0.470. The summed E-state index contributed by atoms with van der Waals surface area (Å²) in [7, 11) is 1.60. The number of halogens is 1. The molecule has 0 amide bonds. The maximum absolute atomic E-state index is 9.89. The Morgan fingerprint density at radius 2 is 2.00 bits per heavy atom. The van der Waals surface area contributed by atoms with Crippen molar-refractivity contribution in [2.75, 3.05) is 12.8 Å². The molecule has 0 aliphatic heterocycles. The third-order valence-corrected chi connectivity index (χ3v) is 3.66. The van der Waals surface area contributed by atoms with Gasteiger partial charge in [0.05, 0.1) is 6.10 Å². The molecule has 0 rings (SSSR count). The lowest BCUT2D eigenvalue weighted by Gasteiger charge is -2.25. The first-order valence-corrected chi connectivity index (χ1v) is 6.45. The van der Waals surface area contributed by atoms with Crippen LogP contribution < -0.4 is 0 Å². The van der Waals surface area contributed by atoms with E-state index < -0.39 is 6.10 Å². The van der Waals surface area contributed by atoms with E-state index in [1.54, 1.807) is 7.05 Å². The molecular formula is C11H19ClN2O2S. The minimum Gasteiger partial charge on any atom is -0.410 e. The molecule has 0 fully saturated rings. The minimum absolute atomic E-state index is 0.0941. The molecular weight excluding hydrogens is 260 g/mol. The highest BCUT2D eigenvalue weighted by Crippen LogP contribution is 2.24. The molecule has 4 nitrogen and oxygen atoms in total. The lowest BCUT2D eigenvalue weighted by atomic mass is 9.90. The van der Waals surface area contributed by atoms with E-state index in [-0.39, 0.29) is 10.6 Å². The van der Waals surface area contributed by atoms with Gasteiger partial charge in [0.2, 0.25) is 0 Å². The van der Waals surface area contributed by atoms with Crippen molar-refractivity contribution in [1.29, 1.82) is 0 Å². The van der Waals surface area contributed by atoms with Crippen molar-refractivity contribution in [3.05, 3.63) is 12.2 Å². The van der Waals surface area contributed by atoms with E-state index in [1.165, 1.54) is 11.8 Å². The van der Waals surface area contributed by atoms with Gasteiger partial charge in [-0.1, -0.05) is 44.1 Å². The number of aliphatic imine (C=N–C) groups is 1. The van der Waals surface area contributed by atoms with Crippen molar-refractivity contribution in [2.45, 2.75) is 26.9 Å². The summed E-state index contributed by atoms with van der Waals surface area (Å²) < 4.78 is 0. The van der Waals surface area contributed by atoms with Gasteiger partial charge in [-0.2, -0.15) is 0 Å². The van der Waals surface area contributed by atoms with Crippen LogP contribution in [0.1, 0.15) is 20.8 Å². The topological polar surface area (TPSA) is 65.2 Å². The number of aliphatic hydroxyl groups is 1. The summed E-state index contributed by atoms with van der Waals surface area (Å²) in [5.41, 5.74) is 0.157. The van der Waals surface area contributed by atoms with E-state index in [1.807, 2.05) is 20.8 Å². The first-order chi connectivity index (χ1) is 7.73. The van der Waals surface area contributed by atoms with Crippen molar-refractivity contribution in [1.82, 2.24) is 0 Å². The van der Waals surface area contributed by atoms with Gasteiger partial charge in [0.1, 0.15) is 5.04 Å². The standard InChI is InChI=1S/C11H19ClN2O2S/c1-7(9(12)14-16)10(13-5)17-6-8(15)11(2,3)4/h8,15-16H,1,6H2,2-5H3/b13-10?,14-9-. The second kappa shape index (κ2) is 7.03. The van der Waals surface area contributed by atoms with Gasteiger partial charge in [0, 0.05) is 18.4 Å². The Balaban J connectivity index is 4.52. The Bertz CT molecular complexity index is 335. The molecule has 0 heterocycles. The highest BCUT2D eigenvalue weighted by Gasteiger charge is 2.23. The van der Waals surface area contributed by atoms with Crippen molar-refractivity contribution < 1.29 is 10.3 Å². The number of nitrogens with zero attached hydrogens (tertiary/aromatic N) is 2. The molecule has 0 radical (unpaired) electrons. The number of thioether (sulfide) groups is 1. The molecule has 17 heavy (non-hydrogen) atoms. The molecule has 0 aromatic rings. The van der Waals surface area contributed by atoms with E-state index in [2.05, 4.69) is 16.7 Å². The predicted octanol–water partition coefficient (Wildman–Crippen LogP) is 2.74. The monoisotopic (exact) mass is 278 g/mol. The van der Waals surface area contributed by atoms with Crippen LogP contribution in [-0.4, -0.2) is 39.4 Å². The van der Waals surface area contributed by atoms with Gasteiger partial charge in [-0.25, -0.2) is 0 Å². The molecule has 0 saturated heterocycles. The van der Waals surface area contributed by atoms with E-state index in [9.17, 15) is 5.11 Å². The zero-order valence-corrected chi connectivity index (χ0v) is 12.1. The Morgan fingerprint density at radius 1 is 1.47 bits per heavy atom. The quantitative estimate of drug-likeness (QED) is 0.360. The third kappa shape index (κ3) is 5.57. The number of oxime groups is 1. The molecule has 0 aliphatic rings. The van der Waals surface area contributed by atoms with Crippen molar-refractivity contribution >= 4 is 33.6 Å². The highest BCUT2D eigenvalue weighted by atomic mass is 35.5. The first-order valence-electron chi connectivity index (χ1n) is 5.08. The number of hydrogen-bond donors (Lipinski definition) is 2. The smallest absolute Gasteiger partial charge is 0.177 e. The largest absolute Gasteiger partial charge is 0.410 e. The molecule has 0 aromatic carbocycles. The molecule has 0 spiro atoms. The van der Waals surface area contributed by atoms with Crippen LogP contribution in [0.4, 0.5) is 0 Å². The molecule has 0 saturated carbocycles. The Kier molecular flexibility index (Phi) is 6.82. The SMILES string of the molecule is C=C(C(=NC)SCC(O)C(C)(C)C)/C(Cl)=N/O. The summed E-state index contributed by atoms with van der Waals surface area (Å²) in [4.78, 5) is 4.00. The van der Waals surface area contributed by atoms with Gasteiger partial charge < -0.3 is 10.3 Å². The third-order valence-electron chi connectivity index (χ3n) is 2.18. The van der Waals surface area contributed by atoms with E-state index in [0.717, 1.165) is 0 Å². The van der Waals surface area contributed by atoms with Gasteiger partial charge in [0.15, 0.2) is 5.17 Å². The molecule has 98 valence electrons. The number of hydrogen-bond acceptors (Lipinski definition) is 5. The van der Waals surface area contributed by atoms with Crippen LogP contribution in [0.2, 0.25) is 0 Å². The average molecular weight is 279 g/mol. The van der Waals surface area contributed by atoms with Crippen LogP contribution in [0.15, 0.2) is 22.3 Å². The van der Waals surface area contributed by atoms with Crippen LogP contribution in [0.25, 0.3) is 0 Å². The Hall–Kier alpha value is -0.520. The molecule has 2 N–H and O–H groups in total. The second-order valence-electron chi connectivity index (χ2n) is 4.59. The van der Waals surface area contributed by atoms with Gasteiger partial charge in [-0.05, 0) is 5.41 Å². The lowest BCUT2D eigenvalue weighted by molar-refractivity contribution is 0.0844. The van der Waals surface area contributed by atoms with Gasteiger partial charge >= 0.3 is 0 Å². The van der Waals surface area contributed by atoms with Gasteiger partial charge in [-0.3, -0.25) is 4.99 Å². The Morgan fingerprint density at radius 3 is 2.35 bits per heavy atom. The number of aliphatic hydroxyl groups excluding tert-OH is 1. The maximum Gasteiger partial charge on any atom is 0.177 e. The number of rotatable bonds is 4. The van der Waals surface area contributed by atoms with E-state index in [0.29, 0.717) is 16.4 Å². The molecule has 6 heteroatoms. The lowest BCUT2D eigenvalue weighted by Crippen LogP contribution is -2.28. The minimum atomic E-state index is -0.470. The Labute approximate surface area is 111 Å². The van der Waals surface area contributed by atoms with Crippen LogP contribution in [0, 0.1) is 5.41 Å². The van der Waals surface area contributed by atoms with E-state index >= 15 is 0 Å². The molecule has 0 aromatic heterocycles. The molecule has 0 bridgehead atoms. The molecule has 1 unspecified atom stereocenters. The summed E-state index contributed by atoms with van der Waals surface area (Å²) in [6.45, 7) is 9.55. The van der Waals surface area contributed by atoms with Crippen LogP contribution in [-0.2, 0) is 0 Å². The highest BCUT2D eigenvalue weighted by molar-refractivity contribution is 8.14. The second-order valence-corrected chi connectivity index (χ2v) is 5.96. The van der Waals surface area contributed by atoms with Crippen LogP contribution in [0.3, 0.4) is 0 Å². The van der Waals surface area contributed by atoms with Crippen LogP contribution >= 0.6 is 23.4 Å². The normalized spacial score (nSPS) is 15.9. The maximum atomic E-state index is 9.89. The fourth-order valence-electron chi connectivity index (χ4n) is 0.843. The summed E-state index contributed by atoms with van der Waals surface area (Å²) >= 11 is 6.97. The van der Waals surface area contributed by atoms with Crippen molar-refractivity contribution in [3.8, 4) is 0 Å². The van der Waals surface area contributed by atoms with E-state index in [4.69, 9.17) is 16.8 Å². The summed E-state index contributed by atoms with van der Waals surface area (Å²) in [6, 6.07) is 0. The zero-order valence-electron chi connectivity index (χ0n) is 10.6. The zero-order chi connectivity index (χ0) is 13.6.